The average Bonchev–Trinajstić information content (AvgIpc) is 2.71. The van der Waals surface area contributed by atoms with Crippen molar-refractivity contribution in [1.29, 1.82) is 0 Å². The molecule has 1 saturated carbocycles. The van der Waals surface area contributed by atoms with E-state index in [-0.39, 0.29) is 17.2 Å². The van der Waals surface area contributed by atoms with Crippen LogP contribution in [0.5, 0.6) is 5.75 Å². The van der Waals surface area contributed by atoms with Crippen molar-refractivity contribution in [2.24, 2.45) is 0 Å². The van der Waals surface area contributed by atoms with Crippen molar-refractivity contribution in [2.45, 2.75) is 76.9 Å². The van der Waals surface area contributed by atoms with E-state index >= 15 is 0 Å². The Kier molecular flexibility index (Phi) is 8.70. The van der Waals surface area contributed by atoms with Crippen LogP contribution in [0.2, 0.25) is 0 Å². The maximum atomic E-state index is 12.4. The highest BCUT2D eigenvalue weighted by Gasteiger charge is 2.22. The molecule has 1 amide bonds. The summed E-state index contributed by atoms with van der Waals surface area (Å²) < 4.78 is 5.68. The molecular formula is C21H32N2O5. The van der Waals surface area contributed by atoms with Crippen LogP contribution in [0.1, 0.15) is 76.4 Å². The number of rotatable bonds is 10. The number of aliphatic hydroxyl groups is 1. The lowest BCUT2D eigenvalue weighted by molar-refractivity contribution is -0.386. The summed E-state index contributed by atoms with van der Waals surface area (Å²) >= 11 is 0. The Balaban J connectivity index is 1.85. The molecule has 0 bridgehead atoms. The van der Waals surface area contributed by atoms with Crippen LogP contribution in [-0.4, -0.2) is 40.5 Å². The first-order valence-corrected chi connectivity index (χ1v) is 10.3. The van der Waals surface area contributed by atoms with Gasteiger partial charge >= 0.3 is 0 Å². The molecule has 28 heavy (non-hydrogen) atoms. The molecule has 1 atom stereocenters. The van der Waals surface area contributed by atoms with Gasteiger partial charge in [-0.05, 0) is 37.8 Å². The largest absolute Gasteiger partial charge is 0.494 e. The van der Waals surface area contributed by atoms with Crippen molar-refractivity contribution < 1.29 is 19.6 Å². The minimum absolute atomic E-state index is 0.0995. The third kappa shape index (κ3) is 6.19. The van der Waals surface area contributed by atoms with E-state index in [1.165, 1.54) is 37.5 Å². The zero-order chi connectivity index (χ0) is 20.5. The van der Waals surface area contributed by atoms with Crippen LogP contribution in [0.25, 0.3) is 0 Å². The quantitative estimate of drug-likeness (QED) is 0.362. The molecule has 0 aliphatic heterocycles. The number of nitro benzene ring substituents is 1. The van der Waals surface area contributed by atoms with Gasteiger partial charge in [0.2, 0.25) is 5.91 Å². The molecule has 2 rings (SSSR count). The van der Waals surface area contributed by atoms with Crippen LogP contribution in [0.3, 0.4) is 0 Å². The van der Waals surface area contributed by atoms with Crippen LogP contribution >= 0.6 is 0 Å². The molecule has 156 valence electrons. The molecule has 1 aromatic carbocycles. The molecule has 1 aromatic rings. The Bertz CT molecular complexity index is 658. The van der Waals surface area contributed by atoms with Gasteiger partial charge < -0.3 is 14.7 Å². The SMILES string of the molecule is CCCC(O)c1cc(OCCCC(=O)N(C)C2CCCCC2)ccc1[N+](=O)[O-]. The number of hydrogen-bond acceptors (Lipinski definition) is 5. The van der Waals surface area contributed by atoms with Crippen molar-refractivity contribution in [2.75, 3.05) is 13.7 Å². The number of nitrogens with zero attached hydrogens (tertiary/aromatic N) is 2. The van der Waals surface area contributed by atoms with Crippen molar-refractivity contribution in [3.8, 4) is 5.75 Å². The van der Waals surface area contributed by atoms with E-state index < -0.39 is 11.0 Å². The number of amides is 1. The zero-order valence-electron chi connectivity index (χ0n) is 16.9. The van der Waals surface area contributed by atoms with E-state index in [0.29, 0.717) is 37.7 Å². The van der Waals surface area contributed by atoms with E-state index in [2.05, 4.69) is 0 Å². The summed E-state index contributed by atoms with van der Waals surface area (Å²) in [5, 5.41) is 21.4. The number of aliphatic hydroxyl groups excluding tert-OH is 1. The van der Waals surface area contributed by atoms with Gasteiger partial charge in [0, 0.05) is 25.6 Å². The van der Waals surface area contributed by atoms with Crippen LogP contribution in [0.4, 0.5) is 5.69 Å². The summed E-state index contributed by atoms with van der Waals surface area (Å²) in [4.78, 5) is 24.9. The number of benzene rings is 1. The smallest absolute Gasteiger partial charge is 0.275 e. The molecule has 0 spiro atoms. The Hall–Kier alpha value is -2.15. The summed E-state index contributed by atoms with van der Waals surface area (Å²) in [6.07, 6.45) is 7.11. The molecule has 0 aromatic heterocycles. The molecule has 0 radical (unpaired) electrons. The van der Waals surface area contributed by atoms with Gasteiger partial charge in [-0.1, -0.05) is 32.6 Å². The summed E-state index contributed by atoms with van der Waals surface area (Å²) in [6.45, 7) is 2.27. The molecule has 0 saturated heterocycles. The number of ether oxygens (including phenoxy) is 1. The lowest BCUT2D eigenvalue weighted by atomic mass is 9.94. The number of hydrogen-bond donors (Lipinski definition) is 1. The zero-order valence-corrected chi connectivity index (χ0v) is 16.9. The van der Waals surface area contributed by atoms with Gasteiger partial charge in [0.15, 0.2) is 0 Å². The lowest BCUT2D eigenvalue weighted by Crippen LogP contribution is -2.38. The first-order valence-electron chi connectivity index (χ1n) is 10.3. The van der Waals surface area contributed by atoms with Crippen molar-refractivity contribution >= 4 is 11.6 Å². The molecule has 1 N–H and O–H groups in total. The van der Waals surface area contributed by atoms with E-state index in [1.54, 1.807) is 0 Å². The Morgan fingerprint density at radius 2 is 2.07 bits per heavy atom. The summed E-state index contributed by atoms with van der Waals surface area (Å²) in [7, 11) is 1.89. The minimum Gasteiger partial charge on any atom is -0.494 e. The van der Waals surface area contributed by atoms with E-state index in [0.717, 1.165) is 19.3 Å². The van der Waals surface area contributed by atoms with E-state index in [9.17, 15) is 20.0 Å². The first kappa shape index (κ1) is 22.1. The molecule has 1 aliphatic carbocycles. The van der Waals surface area contributed by atoms with Crippen LogP contribution in [-0.2, 0) is 4.79 Å². The molecule has 7 nitrogen and oxygen atoms in total. The predicted octanol–water partition coefficient (Wildman–Crippen LogP) is 4.38. The number of carbonyl (C=O) groups is 1. The Labute approximate surface area is 166 Å². The van der Waals surface area contributed by atoms with Gasteiger partial charge in [0.05, 0.1) is 23.2 Å². The Morgan fingerprint density at radius 3 is 2.71 bits per heavy atom. The fourth-order valence-electron chi connectivity index (χ4n) is 3.75. The van der Waals surface area contributed by atoms with Gasteiger partial charge in [0.1, 0.15) is 5.75 Å². The van der Waals surface area contributed by atoms with Crippen molar-refractivity contribution in [3.05, 3.63) is 33.9 Å². The number of nitro groups is 1. The molecule has 1 unspecified atom stereocenters. The molecule has 0 heterocycles. The average molecular weight is 392 g/mol. The van der Waals surface area contributed by atoms with Crippen molar-refractivity contribution in [1.82, 2.24) is 4.90 Å². The molecular weight excluding hydrogens is 360 g/mol. The Morgan fingerprint density at radius 1 is 1.36 bits per heavy atom. The molecule has 7 heteroatoms. The van der Waals surface area contributed by atoms with Crippen LogP contribution < -0.4 is 4.74 Å². The second-order valence-corrected chi connectivity index (χ2v) is 7.53. The third-order valence-electron chi connectivity index (χ3n) is 5.44. The van der Waals surface area contributed by atoms with E-state index in [4.69, 9.17) is 4.74 Å². The van der Waals surface area contributed by atoms with Gasteiger partial charge in [-0.2, -0.15) is 0 Å². The second kappa shape index (κ2) is 11.0. The van der Waals surface area contributed by atoms with Gasteiger partial charge in [-0.3, -0.25) is 14.9 Å². The monoisotopic (exact) mass is 392 g/mol. The highest BCUT2D eigenvalue weighted by atomic mass is 16.6. The predicted molar refractivity (Wildman–Crippen MR) is 107 cm³/mol. The summed E-state index contributed by atoms with van der Waals surface area (Å²) in [5.74, 6) is 0.613. The highest BCUT2D eigenvalue weighted by molar-refractivity contribution is 5.76. The maximum Gasteiger partial charge on any atom is 0.275 e. The highest BCUT2D eigenvalue weighted by Crippen LogP contribution is 2.31. The third-order valence-corrected chi connectivity index (χ3v) is 5.44. The minimum atomic E-state index is -0.889. The fourth-order valence-corrected chi connectivity index (χ4v) is 3.75. The summed E-state index contributed by atoms with van der Waals surface area (Å²) in [5.41, 5.74) is 0.176. The topological polar surface area (TPSA) is 92.9 Å². The van der Waals surface area contributed by atoms with E-state index in [1.807, 2.05) is 18.9 Å². The second-order valence-electron chi connectivity index (χ2n) is 7.53. The summed E-state index contributed by atoms with van der Waals surface area (Å²) in [6, 6.07) is 4.80. The fraction of sp³-hybridized carbons (Fsp3) is 0.667. The normalized spacial score (nSPS) is 15.8. The van der Waals surface area contributed by atoms with Gasteiger partial charge in [-0.25, -0.2) is 0 Å². The standard InChI is InChI=1S/C21H32N2O5/c1-3-8-20(24)18-15-17(12-13-19(18)23(26)27)28-14-7-11-21(25)22(2)16-9-5-4-6-10-16/h12-13,15-16,20,24H,3-11,14H2,1-2H3. The molecule has 1 aliphatic rings. The van der Waals surface area contributed by atoms with Gasteiger partial charge in [-0.15, -0.1) is 0 Å². The first-order chi connectivity index (χ1) is 13.4. The van der Waals surface area contributed by atoms with Crippen LogP contribution in [0.15, 0.2) is 18.2 Å². The van der Waals surface area contributed by atoms with Crippen molar-refractivity contribution in [3.63, 3.8) is 0 Å². The molecule has 1 fully saturated rings. The van der Waals surface area contributed by atoms with Gasteiger partial charge in [0.25, 0.3) is 5.69 Å². The lowest BCUT2D eigenvalue weighted by Gasteiger charge is -2.31. The number of carbonyl (C=O) groups excluding carboxylic acids is 1. The maximum absolute atomic E-state index is 12.4. The van der Waals surface area contributed by atoms with Crippen LogP contribution in [0, 0.1) is 10.1 Å².